The maximum Gasteiger partial charge on any atom is 0.240 e. The number of H-pyrrole nitrogens is 1. The van der Waals surface area contributed by atoms with Gasteiger partial charge in [0.15, 0.2) is 4.77 Å². The van der Waals surface area contributed by atoms with Gasteiger partial charge in [0, 0.05) is 12.0 Å². The van der Waals surface area contributed by atoms with Gasteiger partial charge in [-0.05, 0) is 33.0 Å². The van der Waals surface area contributed by atoms with E-state index in [0.29, 0.717) is 4.77 Å². The Labute approximate surface area is 100 Å². The summed E-state index contributed by atoms with van der Waals surface area (Å²) < 4.78 is 2.21. The summed E-state index contributed by atoms with van der Waals surface area (Å²) >= 11 is 5.06. The van der Waals surface area contributed by atoms with Crippen molar-refractivity contribution >= 4 is 18.1 Å². The third-order valence-corrected chi connectivity index (χ3v) is 2.28. The Balaban J connectivity index is 2.77. The van der Waals surface area contributed by atoms with Crippen LogP contribution in [0.5, 0.6) is 0 Å². The highest BCUT2D eigenvalue weighted by Crippen LogP contribution is 2.02. The average molecular weight is 242 g/mol. The quantitative estimate of drug-likeness (QED) is 0.788. The molecule has 1 aromatic heterocycles. The smallest absolute Gasteiger partial charge is 0.240 e. The molecule has 1 amide bonds. The zero-order valence-corrected chi connectivity index (χ0v) is 10.9. The fourth-order valence-corrected chi connectivity index (χ4v) is 1.60. The van der Waals surface area contributed by atoms with E-state index in [-0.39, 0.29) is 18.0 Å². The van der Waals surface area contributed by atoms with Gasteiger partial charge in [-0.15, -0.1) is 0 Å². The maximum atomic E-state index is 11.7. The number of amides is 1. The minimum Gasteiger partial charge on any atom is -0.350 e. The molecule has 0 aliphatic heterocycles. The molecule has 5 nitrogen and oxygen atoms in total. The van der Waals surface area contributed by atoms with Crippen LogP contribution in [0, 0.1) is 4.77 Å². The van der Waals surface area contributed by atoms with Gasteiger partial charge in [-0.2, -0.15) is 5.10 Å². The molecule has 1 aromatic rings. The molecule has 0 bridgehead atoms. The van der Waals surface area contributed by atoms with Crippen LogP contribution in [0.2, 0.25) is 0 Å². The average Bonchev–Trinajstić information content (AvgIpc) is 2.44. The Morgan fingerprint density at radius 2 is 2.19 bits per heavy atom. The Kier molecular flexibility index (Phi) is 3.85. The molecule has 0 atom stereocenters. The minimum absolute atomic E-state index is 0.0558. The van der Waals surface area contributed by atoms with Gasteiger partial charge < -0.3 is 5.32 Å². The Morgan fingerprint density at radius 3 is 2.69 bits per heavy atom. The third-order valence-electron chi connectivity index (χ3n) is 1.97. The monoisotopic (exact) mass is 242 g/mol. The van der Waals surface area contributed by atoms with E-state index in [4.69, 9.17) is 12.2 Å². The van der Waals surface area contributed by atoms with E-state index in [2.05, 4.69) is 15.5 Å². The van der Waals surface area contributed by atoms with Crippen LogP contribution in [0.4, 0.5) is 0 Å². The number of nitrogens with zero attached hydrogens (tertiary/aromatic N) is 2. The van der Waals surface area contributed by atoms with Gasteiger partial charge in [-0.25, -0.2) is 0 Å². The van der Waals surface area contributed by atoms with Gasteiger partial charge in [-0.3, -0.25) is 14.5 Å². The molecule has 90 valence electrons. The number of nitrogens with one attached hydrogen (secondary N) is 2. The van der Waals surface area contributed by atoms with Crippen molar-refractivity contribution < 1.29 is 4.79 Å². The Hall–Kier alpha value is -1.17. The first-order chi connectivity index (χ1) is 7.33. The van der Waals surface area contributed by atoms with Crippen LogP contribution in [-0.4, -0.2) is 26.2 Å². The standard InChI is InChI=1S/C10H18N4OS/c1-5-7-12-13-9(16)14(7)6-8(15)11-10(2,3)4/h5-6H2,1-4H3,(H,11,15)(H,13,16). The lowest BCUT2D eigenvalue weighted by Gasteiger charge is -2.20. The zero-order valence-electron chi connectivity index (χ0n) is 10.1. The van der Waals surface area contributed by atoms with Gasteiger partial charge in [0.1, 0.15) is 12.4 Å². The molecule has 16 heavy (non-hydrogen) atoms. The molecule has 0 radical (unpaired) electrons. The Morgan fingerprint density at radius 1 is 1.56 bits per heavy atom. The lowest BCUT2D eigenvalue weighted by Crippen LogP contribution is -2.42. The van der Waals surface area contributed by atoms with Crippen LogP contribution in [0.1, 0.15) is 33.5 Å². The van der Waals surface area contributed by atoms with Crippen molar-refractivity contribution in [2.75, 3.05) is 0 Å². The van der Waals surface area contributed by atoms with Gasteiger partial charge in [0.05, 0.1) is 0 Å². The summed E-state index contributed by atoms with van der Waals surface area (Å²) in [5.41, 5.74) is -0.227. The fourth-order valence-electron chi connectivity index (χ4n) is 1.38. The van der Waals surface area contributed by atoms with Crippen molar-refractivity contribution in [2.45, 2.75) is 46.2 Å². The van der Waals surface area contributed by atoms with Crippen molar-refractivity contribution in [1.29, 1.82) is 0 Å². The van der Waals surface area contributed by atoms with E-state index in [1.807, 2.05) is 27.7 Å². The van der Waals surface area contributed by atoms with E-state index in [9.17, 15) is 4.79 Å². The second-order valence-corrected chi connectivity index (χ2v) is 5.07. The SMILES string of the molecule is CCc1n[nH]c(=S)n1CC(=O)NC(C)(C)C. The molecule has 1 rings (SSSR count). The second kappa shape index (κ2) is 4.78. The van der Waals surface area contributed by atoms with Crippen LogP contribution in [0.3, 0.4) is 0 Å². The molecule has 0 aromatic carbocycles. The van der Waals surface area contributed by atoms with E-state index < -0.39 is 0 Å². The number of carbonyl (C=O) groups excluding carboxylic acids is 1. The van der Waals surface area contributed by atoms with Gasteiger partial charge >= 0.3 is 0 Å². The number of aromatic nitrogens is 3. The zero-order chi connectivity index (χ0) is 12.3. The molecular formula is C10H18N4OS. The molecule has 0 aliphatic carbocycles. The van der Waals surface area contributed by atoms with E-state index in [1.165, 1.54) is 0 Å². The summed E-state index contributed by atoms with van der Waals surface area (Å²) in [4.78, 5) is 11.7. The highest BCUT2D eigenvalue weighted by molar-refractivity contribution is 7.71. The van der Waals surface area contributed by atoms with Gasteiger partial charge in [0.2, 0.25) is 5.91 Å². The summed E-state index contributed by atoms with van der Waals surface area (Å²) in [5.74, 6) is 0.744. The predicted molar refractivity (Wildman–Crippen MR) is 64.7 cm³/mol. The van der Waals surface area contributed by atoms with Crippen LogP contribution in [0.15, 0.2) is 0 Å². The number of aromatic amines is 1. The van der Waals surface area contributed by atoms with Crippen molar-refractivity contribution in [3.05, 3.63) is 10.6 Å². The van der Waals surface area contributed by atoms with Crippen molar-refractivity contribution in [3.63, 3.8) is 0 Å². The molecular weight excluding hydrogens is 224 g/mol. The molecule has 0 spiro atoms. The van der Waals surface area contributed by atoms with E-state index >= 15 is 0 Å². The summed E-state index contributed by atoms with van der Waals surface area (Å²) in [6.07, 6.45) is 0.746. The highest BCUT2D eigenvalue weighted by Gasteiger charge is 2.15. The maximum absolute atomic E-state index is 11.7. The summed E-state index contributed by atoms with van der Waals surface area (Å²) in [6.45, 7) is 8.03. The summed E-state index contributed by atoms with van der Waals surface area (Å²) in [6, 6.07) is 0. The first-order valence-electron chi connectivity index (χ1n) is 5.28. The third kappa shape index (κ3) is 3.44. The Bertz CT molecular complexity index is 427. The minimum atomic E-state index is -0.227. The van der Waals surface area contributed by atoms with Crippen molar-refractivity contribution in [1.82, 2.24) is 20.1 Å². The largest absolute Gasteiger partial charge is 0.350 e. The van der Waals surface area contributed by atoms with Crippen LogP contribution in [-0.2, 0) is 17.8 Å². The lowest BCUT2D eigenvalue weighted by atomic mass is 10.1. The highest BCUT2D eigenvalue weighted by atomic mass is 32.1. The molecule has 0 unspecified atom stereocenters. The van der Waals surface area contributed by atoms with Crippen LogP contribution >= 0.6 is 12.2 Å². The van der Waals surface area contributed by atoms with E-state index in [0.717, 1.165) is 12.2 Å². The molecule has 0 fully saturated rings. The summed E-state index contributed by atoms with van der Waals surface area (Å²) in [5, 5.41) is 9.63. The molecule has 0 aliphatic rings. The summed E-state index contributed by atoms with van der Waals surface area (Å²) in [7, 11) is 0. The van der Waals surface area contributed by atoms with Crippen LogP contribution < -0.4 is 5.32 Å². The second-order valence-electron chi connectivity index (χ2n) is 4.68. The fraction of sp³-hybridized carbons (Fsp3) is 0.700. The van der Waals surface area contributed by atoms with E-state index in [1.54, 1.807) is 4.57 Å². The molecule has 1 heterocycles. The predicted octanol–water partition coefficient (Wildman–Crippen LogP) is 1.42. The number of aryl methyl sites for hydroxylation is 1. The molecule has 2 N–H and O–H groups in total. The number of rotatable bonds is 3. The van der Waals surface area contributed by atoms with Gasteiger partial charge in [-0.1, -0.05) is 6.92 Å². The molecule has 0 saturated heterocycles. The first-order valence-corrected chi connectivity index (χ1v) is 5.69. The topological polar surface area (TPSA) is 62.7 Å². The molecule has 0 saturated carbocycles. The van der Waals surface area contributed by atoms with Gasteiger partial charge in [0.25, 0.3) is 0 Å². The normalized spacial score (nSPS) is 11.5. The lowest BCUT2D eigenvalue weighted by molar-refractivity contribution is -0.123. The number of carbonyl (C=O) groups is 1. The van der Waals surface area contributed by atoms with Crippen molar-refractivity contribution in [3.8, 4) is 0 Å². The van der Waals surface area contributed by atoms with Crippen molar-refractivity contribution in [2.24, 2.45) is 0 Å². The number of hydrogen-bond donors (Lipinski definition) is 2. The van der Waals surface area contributed by atoms with Crippen LogP contribution in [0.25, 0.3) is 0 Å². The number of hydrogen-bond acceptors (Lipinski definition) is 3. The molecule has 6 heteroatoms. The first kappa shape index (κ1) is 12.9.